The fourth-order valence-electron chi connectivity index (χ4n) is 5.11. The van der Waals surface area contributed by atoms with E-state index < -0.39 is 44.9 Å². The van der Waals surface area contributed by atoms with Gasteiger partial charge in [-0.05, 0) is 44.9 Å². The van der Waals surface area contributed by atoms with E-state index in [1.807, 2.05) is 0 Å². The highest BCUT2D eigenvalue weighted by Gasteiger charge is 2.45. The number of methoxy groups -OCH3 is 1. The molecule has 7 nitrogen and oxygen atoms in total. The van der Waals surface area contributed by atoms with Gasteiger partial charge in [0, 0.05) is 30.3 Å². The van der Waals surface area contributed by atoms with Gasteiger partial charge in [-0.25, -0.2) is 17.9 Å². The Morgan fingerprint density at radius 3 is 2.45 bits per heavy atom. The maximum atomic E-state index is 14.6. The standard InChI is InChI=1S/C20H33Cl2FN2O5S/c1-29-13-5-6-17(16(23)10-13)30-18-8-11(21)7-15(22)19(18)20(26)25-12-3-2-4-14(9-12)31(24,27)28/h11-19H,2-10H2,1H3,(H,25,26)(H2,24,27,28). The van der Waals surface area contributed by atoms with E-state index in [4.69, 9.17) is 37.8 Å². The molecule has 3 aliphatic rings. The summed E-state index contributed by atoms with van der Waals surface area (Å²) in [5.41, 5.74) is 0. The van der Waals surface area contributed by atoms with Gasteiger partial charge in [0.25, 0.3) is 0 Å². The number of primary sulfonamides is 1. The Morgan fingerprint density at radius 2 is 1.81 bits per heavy atom. The molecule has 0 aromatic rings. The van der Waals surface area contributed by atoms with Crippen molar-refractivity contribution in [3.8, 4) is 0 Å². The average molecular weight is 503 g/mol. The number of hydrogen-bond acceptors (Lipinski definition) is 5. The van der Waals surface area contributed by atoms with E-state index in [0.717, 1.165) is 0 Å². The van der Waals surface area contributed by atoms with E-state index in [9.17, 15) is 17.6 Å². The molecule has 3 fully saturated rings. The summed E-state index contributed by atoms with van der Waals surface area (Å²) >= 11 is 12.9. The molecule has 0 saturated heterocycles. The third kappa shape index (κ3) is 6.67. The predicted octanol–water partition coefficient (Wildman–Crippen LogP) is 2.62. The molecular weight excluding hydrogens is 470 g/mol. The van der Waals surface area contributed by atoms with Gasteiger partial charge in [0.05, 0.1) is 29.5 Å². The normalized spacial score (nSPS) is 42.2. The minimum atomic E-state index is -3.65. The summed E-state index contributed by atoms with van der Waals surface area (Å²) < 4.78 is 49.4. The van der Waals surface area contributed by atoms with E-state index in [1.165, 1.54) is 0 Å². The number of rotatable bonds is 6. The molecule has 0 aromatic carbocycles. The third-order valence-corrected chi connectivity index (χ3v) is 9.01. The van der Waals surface area contributed by atoms with Crippen LogP contribution < -0.4 is 10.5 Å². The summed E-state index contributed by atoms with van der Waals surface area (Å²) in [5, 5.41) is 6.79. The van der Waals surface area contributed by atoms with Crippen LogP contribution in [-0.4, -0.2) is 68.0 Å². The number of alkyl halides is 3. The van der Waals surface area contributed by atoms with Crippen molar-refractivity contribution in [2.45, 2.75) is 104 Å². The van der Waals surface area contributed by atoms with Gasteiger partial charge in [-0.3, -0.25) is 4.79 Å². The van der Waals surface area contributed by atoms with Gasteiger partial charge in [-0.2, -0.15) is 0 Å². The summed E-state index contributed by atoms with van der Waals surface area (Å²) in [6, 6.07) is -0.297. The van der Waals surface area contributed by atoms with Gasteiger partial charge in [-0.15, -0.1) is 23.2 Å². The minimum absolute atomic E-state index is 0.125. The number of amides is 1. The van der Waals surface area contributed by atoms with Gasteiger partial charge < -0.3 is 14.8 Å². The zero-order valence-corrected chi connectivity index (χ0v) is 20.0. The lowest BCUT2D eigenvalue weighted by atomic mass is 9.83. The Bertz CT molecular complexity index is 730. The summed E-state index contributed by atoms with van der Waals surface area (Å²) in [5.74, 6) is -0.978. The fourth-order valence-corrected chi connectivity index (χ4v) is 7.05. The minimum Gasteiger partial charge on any atom is -0.381 e. The van der Waals surface area contributed by atoms with Gasteiger partial charge in [0.2, 0.25) is 15.9 Å². The second-order valence-electron chi connectivity index (χ2n) is 9.09. The van der Waals surface area contributed by atoms with Crippen molar-refractivity contribution in [3.63, 3.8) is 0 Å². The lowest BCUT2D eigenvalue weighted by molar-refractivity contribution is -0.144. The molecule has 9 unspecified atom stereocenters. The number of halogens is 3. The number of carbonyl (C=O) groups is 1. The maximum absolute atomic E-state index is 14.6. The summed E-state index contributed by atoms with van der Waals surface area (Å²) in [7, 11) is -2.08. The van der Waals surface area contributed by atoms with Crippen LogP contribution in [0.4, 0.5) is 4.39 Å². The zero-order chi connectivity index (χ0) is 22.8. The molecule has 3 rings (SSSR count). The molecule has 3 N–H and O–H groups in total. The number of hydrogen-bond donors (Lipinski definition) is 2. The topological polar surface area (TPSA) is 108 Å². The molecule has 11 heteroatoms. The number of carbonyl (C=O) groups excluding carboxylic acids is 1. The molecule has 9 atom stereocenters. The van der Waals surface area contributed by atoms with Crippen molar-refractivity contribution in [1.82, 2.24) is 5.32 Å². The first-order valence-electron chi connectivity index (χ1n) is 11.0. The molecule has 3 aliphatic carbocycles. The zero-order valence-electron chi connectivity index (χ0n) is 17.7. The molecule has 0 radical (unpaired) electrons. The summed E-state index contributed by atoms with van der Waals surface area (Å²) in [6.07, 6.45) is 1.89. The second kappa shape index (κ2) is 10.8. The average Bonchev–Trinajstić information content (AvgIpc) is 2.68. The van der Waals surface area contributed by atoms with E-state index >= 15 is 0 Å². The Hall–Kier alpha value is -0.190. The van der Waals surface area contributed by atoms with Gasteiger partial charge in [0.15, 0.2) is 0 Å². The van der Waals surface area contributed by atoms with Gasteiger partial charge in [-0.1, -0.05) is 6.42 Å². The number of nitrogens with one attached hydrogen (secondary N) is 1. The van der Waals surface area contributed by atoms with Crippen LogP contribution in [0.2, 0.25) is 0 Å². The number of sulfonamides is 1. The quantitative estimate of drug-likeness (QED) is 0.542. The first-order chi connectivity index (χ1) is 14.6. The lowest BCUT2D eigenvalue weighted by Gasteiger charge is -2.41. The van der Waals surface area contributed by atoms with Crippen LogP contribution in [0.3, 0.4) is 0 Å². The van der Waals surface area contributed by atoms with E-state index in [0.29, 0.717) is 44.9 Å². The molecule has 1 amide bonds. The van der Waals surface area contributed by atoms with E-state index in [1.54, 1.807) is 7.11 Å². The van der Waals surface area contributed by atoms with Gasteiger partial charge >= 0.3 is 0 Å². The van der Waals surface area contributed by atoms with Crippen LogP contribution in [0.15, 0.2) is 0 Å². The van der Waals surface area contributed by atoms with Crippen LogP contribution in [0.5, 0.6) is 0 Å². The molecule has 3 saturated carbocycles. The molecule has 0 bridgehead atoms. The lowest BCUT2D eigenvalue weighted by Crippen LogP contribution is -2.53. The number of nitrogens with two attached hydrogens (primary N) is 1. The maximum Gasteiger partial charge on any atom is 0.227 e. The van der Waals surface area contributed by atoms with Gasteiger partial charge in [0.1, 0.15) is 6.17 Å². The highest BCUT2D eigenvalue weighted by molar-refractivity contribution is 7.89. The van der Waals surface area contributed by atoms with Crippen LogP contribution in [0.1, 0.15) is 57.8 Å². The summed E-state index contributed by atoms with van der Waals surface area (Å²) in [6.45, 7) is 0. The number of ether oxygens (including phenoxy) is 2. The van der Waals surface area contributed by atoms with Crippen molar-refractivity contribution in [2.24, 2.45) is 11.1 Å². The SMILES string of the molecule is COC1CCC(OC2CC(Cl)CC(Cl)C2C(=O)NC2CCCC(S(N)(=O)=O)C2)C(F)C1. The Morgan fingerprint density at radius 1 is 1.06 bits per heavy atom. The highest BCUT2D eigenvalue weighted by Crippen LogP contribution is 2.37. The van der Waals surface area contributed by atoms with Crippen molar-refractivity contribution < 1.29 is 27.1 Å². The van der Waals surface area contributed by atoms with E-state index in [-0.39, 0.29) is 36.3 Å². The van der Waals surface area contributed by atoms with Crippen LogP contribution in [0, 0.1) is 5.92 Å². The first-order valence-corrected chi connectivity index (χ1v) is 13.5. The largest absolute Gasteiger partial charge is 0.381 e. The third-order valence-electron chi connectivity index (χ3n) is 6.85. The van der Waals surface area contributed by atoms with Crippen molar-refractivity contribution in [1.29, 1.82) is 0 Å². The van der Waals surface area contributed by atoms with Crippen molar-refractivity contribution in [3.05, 3.63) is 0 Å². The fraction of sp³-hybridized carbons (Fsp3) is 0.950. The first kappa shape index (κ1) is 25.4. The van der Waals surface area contributed by atoms with E-state index in [2.05, 4.69) is 5.32 Å². The Balaban J connectivity index is 1.65. The van der Waals surface area contributed by atoms with Crippen molar-refractivity contribution in [2.75, 3.05) is 7.11 Å². The smallest absolute Gasteiger partial charge is 0.227 e. The second-order valence-corrected chi connectivity index (χ2v) is 12.1. The molecular formula is C20H33Cl2FN2O5S. The van der Waals surface area contributed by atoms with Crippen LogP contribution in [-0.2, 0) is 24.3 Å². The molecule has 180 valence electrons. The summed E-state index contributed by atoms with van der Waals surface area (Å²) in [4.78, 5) is 13.2. The molecule has 0 aromatic heterocycles. The molecule has 0 aliphatic heterocycles. The predicted molar refractivity (Wildman–Crippen MR) is 118 cm³/mol. The van der Waals surface area contributed by atoms with Crippen molar-refractivity contribution >= 4 is 39.1 Å². The Labute approximate surface area is 193 Å². The Kier molecular flexibility index (Phi) is 8.88. The molecule has 0 heterocycles. The van der Waals surface area contributed by atoms with Crippen LogP contribution in [0.25, 0.3) is 0 Å². The molecule has 0 spiro atoms. The van der Waals surface area contributed by atoms with Crippen LogP contribution >= 0.6 is 23.2 Å². The monoisotopic (exact) mass is 502 g/mol. The molecule has 31 heavy (non-hydrogen) atoms. The highest BCUT2D eigenvalue weighted by atomic mass is 35.5.